The molecule has 0 fully saturated rings. The number of benzene rings is 1. The van der Waals surface area contributed by atoms with E-state index in [0.717, 1.165) is 25.7 Å². The van der Waals surface area contributed by atoms with Crippen LogP contribution in [0.3, 0.4) is 0 Å². The summed E-state index contributed by atoms with van der Waals surface area (Å²) in [6.45, 7) is 4.91. The zero-order valence-electron chi connectivity index (χ0n) is 14.5. The number of unbranched alkanes of at least 4 members (excludes halogenated alkanes) is 1. The van der Waals surface area contributed by atoms with Gasteiger partial charge in [0.15, 0.2) is 0 Å². The van der Waals surface area contributed by atoms with Crippen molar-refractivity contribution in [1.82, 2.24) is 0 Å². The third-order valence-electron chi connectivity index (χ3n) is 4.16. The summed E-state index contributed by atoms with van der Waals surface area (Å²) in [7, 11) is 0. The number of phenolic OH excluding ortho intramolecular Hbond substituents is 1. The molecule has 0 saturated carbocycles. The molecular weight excluding hydrogens is 308 g/mol. The molecule has 0 aliphatic carbocycles. The van der Waals surface area contributed by atoms with Crippen molar-refractivity contribution >= 4 is 17.6 Å². The molecule has 6 nitrogen and oxygen atoms in total. The van der Waals surface area contributed by atoms with Gasteiger partial charge >= 0.3 is 0 Å². The summed E-state index contributed by atoms with van der Waals surface area (Å²) in [5.41, 5.74) is 0.518. The van der Waals surface area contributed by atoms with Gasteiger partial charge in [-0.15, -0.1) is 0 Å². The third kappa shape index (κ3) is 7.46. The number of nitrogens with one attached hydrogen (secondary N) is 1. The lowest BCUT2D eigenvalue weighted by molar-refractivity contribution is -0.687. The maximum atomic E-state index is 12.0. The lowest BCUT2D eigenvalue weighted by Gasteiger charge is -2.20. The molecule has 0 heterocycles. The zero-order chi connectivity index (χ0) is 17.9. The molecule has 0 aromatic heterocycles. The minimum absolute atomic E-state index is 0.103. The van der Waals surface area contributed by atoms with Gasteiger partial charge in [0, 0.05) is 11.6 Å². The second-order valence-corrected chi connectivity index (χ2v) is 6.11. The van der Waals surface area contributed by atoms with Crippen molar-refractivity contribution in [3.8, 4) is 5.75 Å². The zero-order valence-corrected chi connectivity index (χ0v) is 14.5. The Kier molecular flexibility index (Phi) is 8.86. The fourth-order valence-electron chi connectivity index (χ4n) is 2.56. The molecule has 0 unspecified atom stereocenters. The number of carboxylic acids is 1. The van der Waals surface area contributed by atoms with Crippen LogP contribution in [0.1, 0.15) is 46.0 Å². The van der Waals surface area contributed by atoms with Crippen LogP contribution in [0.5, 0.6) is 5.75 Å². The van der Waals surface area contributed by atoms with Gasteiger partial charge in [-0.05, 0) is 37.1 Å². The predicted octanol–water partition coefficient (Wildman–Crippen LogP) is 0.619. The van der Waals surface area contributed by atoms with Gasteiger partial charge in [-0.2, -0.15) is 0 Å². The van der Waals surface area contributed by atoms with Crippen LogP contribution in [0, 0.1) is 5.92 Å². The number of aliphatic carboxylic acids is 1. The van der Waals surface area contributed by atoms with Gasteiger partial charge in [-0.25, -0.2) is 0 Å². The van der Waals surface area contributed by atoms with E-state index in [1.807, 2.05) is 0 Å². The van der Waals surface area contributed by atoms with Crippen LogP contribution >= 0.6 is 0 Å². The minimum Gasteiger partial charge on any atom is -0.544 e. The van der Waals surface area contributed by atoms with Gasteiger partial charge in [0.2, 0.25) is 5.91 Å². The molecule has 1 amide bonds. The molecule has 2 atom stereocenters. The fourth-order valence-corrected chi connectivity index (χ4v) is 2.56. The first-order valence-corrected chi connectivity index (χ1v) is 8.59. The van der Waals surface area contributed by atoms with Crippen LogP contribution in [-0.4, -0.2) is 29.6 Å². The topological polar surface area (TPSA) is 106 Å². The summed E-state index contributed by atoms with van der Waals surface area (Å²) in [5, 5.41) is 24.8. The lowest BCUT2D eigenvalue weighted by atomic mass is 9.99. The van der Waals surface area contributed by atoms with Crippen LogP contribution in [0.25, 0.3) is 0 Å². The number of carboxylic acid groups (broad SMARTS) is 1. The summed E-state index contributed by atoms with van der Waals surface area (Å²) < 4.78 is 0. The van der Waals surface area contributed by atoms with Crippen LogP contribution in [0.2, 0.25) is 0 Å². The highest BCUT2D eigenvalue weighted by Gasteiger charge is 2.20. The number of carbonyl (C=O) groups excluding carboxylic acids is 2. The standard InChI is InChI=1S/C18H28N2O4/c1-3-5-6-13(4-2)12-19-16(18(23)24)11-17(22)20-14-7-9-15(21)10-8-14/h7-10,13,16,19,21H,3-6,11-12H2,1-2H3,(H,20,22)(H,23,24)/t13-,16+/m0/s1. The maximum absolute atomic E-state index is 12.0. The normalized spacial score (nSPS) is 13.2. The molecule has 0 aliphatic heterocycles. The summed E-state index contributed by atoms with van der Waals surface area (Å²) in [6.07, 6.45) is 4.17. The van der Waals surface area contributed by atoms with Crippen molar-refractivity contribution in [2.75, 3.05) is 11.9 Å². The molecule has 6 heteroatoms. The van der Waals surface area contributed by atoms with Gasteiger partial charge in [0.05, 0.1) is 18.9 Å². The lowest BCUT2D eigenvalue weighted by Crippen LogP contribution is -2.94. The van der Waals surface area contributed by atoms with Crippen LogP contribution in [0.4, 0.5) is 5.69 Å². The monoisotopic (exact) mass is 336 g/mol. The second-order valence-electron chi connectivity index (χ2n) is 6.11. The number of carbonyl (C=O) groups is 2. The predicted molar refractivity (Wildman–Crippen MR) is 90.2 cm³/mol. The number of hydrogen-bond donors (Lipinski definition) is 3. The molecule has 0 radical (unpaired) electrons. The molecule has 0 spiro atoms. The van der Waals surface area contributed by atoms with Crippen molar-refractivity contribution in [2.45, 2.75) is 52.0 Å². The van der Waals surface area contributed by atoms with Crippen molar-refractivity contribution in [1.29, 1.82) is 0 Å². The molecule has 1 rings (SSSR count). The number of phenols is 1. The molecule has 0 bridgehead atoms. The number of hydrogen-bond acceptors (Lipinski definition) is 4. The molecular formula is C18H28N2O4. The fraction of sp³-hybridized carbons (Fsp3) is 0.556. The quantitative estimate of drug-likeness (QED) is 0.515. The smallest absolute Gasteiger partial charge is 0.230 e. The van der Waals surface area contributed by atoms with E-state index in [0.29, 0.717) is 18.2 Å². The van der Waals surface area contributed by atoms with E-state index in [2.05, 4.69) is 19.2 Å². The highest BCUT2D eigenvalue weighted by atomic mass is 16.4. The molecule has 0 aliphatic rings. The number of amides is 1. The average Bonchev–Trinajstić information content (AvgIpc) is 2.55. The van der Waals surface area contributed by atoms with Crippen molar-refractivity contribution in [3.05, 3.63) is 24.3 Å². The van der Waals surface area contributed by atoms with Gasteiger partial charge in [-0.1, -0.05) is 26.7 Å². The summed E-state index contributed by atoms with van der Waals surface area (Å²) in [6, 6.07) is 5.14. The van der Waals surface area contributed by atoms with E-state index >= 15 is 0 Å². The second kappa shape index (κ2) is 10.6. The number of nitrogens with two attached hydrogens (primary N) is 1. The van der Waals surface area contributed by atoms with E-state index in [-0.39, 0.29) is 18.1 Å². The first-order valence-electron chi connectivity index (χ1n) is 8.59. The van der Waals surface area contributed by atoms with Gasteiger partial charge in [0.25, 0.3) is 0 Å². The Morgan fingerprint density at radius 1 is 1.25 bits per heavy atom. The number of aromatic hydroxyl groups is 1. The molecule has 1 aromatic rings. The van der Waals surface area contributed by atoms with E-state index in [1.54, 1.807) is 17.4 Å². The Labute approximate surface area is 143 Å². The minimum atomic E-state index is -1.22. The Bertz CT molecular complexity index is 516. The van der Waals surface area contributed by atoms with Gasteiger partial charge < -0.3 is 25.6 Å². The van der Waals surface area contributed by atoms with E-state index in [9.17, 15) is 19.8 Å². The Morgan fingerprint density at radius 3 is 2.46 bits per heavy atom. The summed E-state index contributed by atoms with van der Waals surface area (Å²) >= 11 is 0. The van der Waals surface area contributed by atoms with E-state index in [4.69, 9.17) is 0 Å². The SMILES string of the molecule is CCCC[C@H](CC)C[NH2+][C@H](CC(=O)Nc1ccc(O)cc1)C(=O)[O-]. The molecule has 0 saturated heterocycles. The Balaban J connectivity index is 2.50. The first-order chi connectivity index (χ1) is 11.5. The first kappa shape index (κ1) is 20.0. The summed E-state index contributed by atoms with van der Waals surface area (Å²) in [5.74, 6) is -1.05. The van der Waals surface area contributed by atoms with Crippen LogP contribution < -0.4 is 15.7 Å². The third-order valence-corrected chi connectivity index (χ3v) is 4.16. The molecule has 24 heavy (non-hydrogen) atoms. The van der Waals surface area contributed by atoms with Crippen LogP contribution in [-0.2, 0) is 9.59 Å². The van der Waals surface area contributed by atoms with E-state index in [1.165, 1.54) is 12.1 Å². The largest absolute Gasteiger partial charge is 0.544 e. The van der Waals surface area contributed by atoms with E-state index < -0.39 is 12.0 Å². The summed E-state index contributed by atoms with van der Waals surface area (Å²) in [4.78, 5) is 23.3. The highest BCUT2D eigenvalue weighted by Crippen LogP contribution is 2.14. The molecule has 4 N–H and O–H groups in total. The number of rotatable bonds is 11. The Morgan fingerprint density at radius 2 is 1.92 bits per heavy atom. The maximum Gasteiger partial charge on any atom is 0.230 e. The van der Waals surface area contributed by atoms with Gasteiger partial charge in [-0.3, -0.25) is 4.79 Å². The molecule has 1 aromatic carbocycles. The van der Waals surface area contributed by atoms with Crippen molar-refractivity contribution in [2.24, 2.45) is 5.92 Å². The van der Waals surface area contributed by atoms with Crippen LogP contribution in [0.15, 0.2) is 24.3 Å². The average molecular weight is 336 g/mol. The Hall–Kier alpha value is -2.08. The van der Waals surface area contributed by atoms with Crippen molar-refractivity contribution in [3.63, 3.8) is 0 Å². The number of quaternary nitrogens is 1. The molecule has 134 valence electrons. The highest BCUT2D eigenvalue weighted by molar-refractivity contribution is 5.93. The van der Waals surface area contributed by atoms with Gasteiger partial charge in [0.1, 0.15) is 11.8 Å². The van der Waals surface area contributed by atoms with Crippen molar-refractivity contribution < 1.29 is 25.1 Å². The number of anilines is 1.